The summed E-state index contributed by atoms with van der Waals surface area (Å²) in [5, 5.41) is 3.86. The van der Waals surface area contributed by atoms with Gasteiger partial charge in [-0.2, -0.15) is 13.2 Å². The van der Waals surface area contributed by atoms with Gasteiger partial charge in [0.05, 0.1) is 9.88 Å². The van der Waals surface area contributed by atoms with Gasteiger partial charge in [0.25, 0.3) is 0 Å². The third kappa shape index (κ3) is 5.01. The average Bonchev–Trinajstić information content (AvgIpc) is 3.24. The lowest BCUT2D eigenvalue weighted by molar-refractivity contribution is -0.141. The maximum absolute atomic E-state index is 12.9. The minimum Gasteiger partial charge on any atom is -0.369 e. The quantitative estimate of drug-likeness (QED) is 0.566. The molecule has 3 aromatic rings. The fourth-order valence-corrected chi connectivity index (χ4v) is 4.77. The van der Waals surface area contributed by atoms with Crippen LogP contribution in [0.2, 0.25) is 0 Å². The highest BCUT2D eigenvalue weighted by molar-refractivity contribution is 7.15. The number of hydrogen-bond donors (Lipinski definition) is 2. The minimum absolute atomic E-state index is 0.0449. The molecule has 0 unspecified atom stereocenters. The maximum Gasteiger partial charge on any atom is 0.433 e. The highest BCUT2D eigenvalue weighted by Gasteiger charge is 2.32. The second-order valence-corrected chi connectivity index (χ2v) is 8.54. The van der Waals surface area contributed by atoms with Gasteiger partial charge in [0.1, 0.15) is 5.69 Å². The summed E-state index contributed by atoms with van der Waals surface area (Å²) in [5.41, 5.74) is 5.88. The molecule has 0 spiro atoms. The Kier molecular flexibility index (Phi) is 5.90. The largest absolute Gasteiger partial charge is 0.433 e. The summed E-state index contributed by atoms with van der Waals surface area (Å²) < 4.78 is 38.6. The second-order valence-electron chi connectivity index (χ2n) is 7.48. The number of rotatable bonds is 5. The molecule has 0 aliphatic heterocycles. The molecule has 0 atom stereocenters. The van der Waals surface area contributed by atoms with E-state index in [9.17, 15) is 18.0 Å². The van der Waals surface area contributed by atoms with Crippen LogP contribution in [0.25, 0.3) is 10.4 Å². The highest BCUT2D eigenvalue weighted by atomic mass is 32.1. The zero-order valence-corrected chi connectivity index (χ0v) is 17.2. The molecular formula is C21H20F3N5OS. The van der Waals surface area contributed by atoms with Gasteiger partial charge >= 0.3 is 6.18 Å². The Hall–Kier alpha value is -3.01. The molecule has 3 N–H and O–H groups in total. The molecule has 1 aliphatic carbocycles. The molecule has 1 fully saturated rings. The first-order chi connectivity index (χ1) is 14.8. The van der Waals surface area contributed by atoms with Gasteiger partial charge in [-0.1, -0.05) is 12.1 Å². The zero-order valence-electron chi connectivity index (χ0n) is 16.4. The Balaban J connectivity index is 1.48. The molecule has 1 aromatic carbocycles. The summed E-state index contributed by atoms with van der Waals surface area (Å²) in [7, 11) is 0. The summed E-state index contributed by atoms with van der Waals surface area (Å²) in [5.74, 6) is -0.0822. The van der Waals surface area contributed by atoms with E-state index in [4.69, 9.17) is 5.73 Å². The van der Waals surface area contributed by atoms with Gasteiger partial charge in [0, 0.05) is 29.9 Å². The van der Waals surface area contributed by atoms with E-state index in [0.717, 1.165) is 53.4 Å². The smallest absolute Gasteiger partial charge is 0.369 e. The number of amides is 1. The van der Waals surface area contributed by atoms with E-state index in [1.165, 1.54) is 0 Å². The number of hydrogen-bond acceptors (Lipinski definition) is 6. The lowest BCUT2D eigenvalue weighted by atomic mass is 9.82. The van der Waals surface area contributed by atoms with Gasteiger partial charge in [0.2, 0.25) is 11.9 Å². The topological polar surface area (TPSA) is 93.8 Å². The van der Waals surface area contributed by atoms with Crippen LogP contribution in [0.3, 0.4) is 0 Å². The number of aromatic nitrogens is 3. The molecule has 0 bridgehead atoms. The van der Waals surface area contributed by atoms with Crippen LogP contribution in [0.1, 0.15) is 42.3 Å². The highest BCUT2D eigenvalue weighted by Crippen LogP contribution is 2.39. The van der Waals surface area contributed by atoms with Gasteiger partial charge in [-0.3, -0.25) is 4.79 Å². The second kappa shape index (κ2) is 8.62. The average molecular weight is 447 g/mol. The van der Waals surface area contributed by atoms with Crippen LogP contribution >= 0.6 is 11.3 Å². The van der Waals surface area contributed by atoms with Crippen molar-refractivity contribution in [1.82, 2.24) is 15.0 Å². The van der Waals surface area contributed by atoms with E-state index in [-0.39, 0.29) is 17.8 Å². The van der Waals surface area contributed by atoms with Gasteiger partial charge in [-0.15, -0.1) is 11.3 Å². The number of nitrogens with zero attached hydrogens (tertiary/aromatic N) is 3. The fraction of sp³-hybridized carbons (Fsp3) is 0.333. The number of anilines is 2. The van der Waals surface area contributed by atoms with E-state index < -0.39 is 11.9 Å². The molecule has 1 saturated carbocycles. The van der Waals surface area contributed by atoms with E-state index in [0.29, 0.717) is 11.6 Å². The van der Waals surface area contributed by atoms with Crippen molar-refractivity contribution in [3.05, 3.63) is 53.4 Å². The molecule has 0 saturated heterocycles. The molecule has 1 aliphatic rings. The molecule has 2 aromatic heterocycles. The van der Waals surface area contributed by atoms with Gasteiger partial charge in [-0.25, -0.2) is 15.0 Å². The van der Waals surface area contributed by atoms with Crippen LogP contribution in [0.15, 0.2) is 42.7 Å². The third-order valence-electron chi connectivity index (χ3n) is 5.35. The van der Waals surface area contributed by atoms with E-state index >= 15 is 0 Å². The number of halogens is 3. The summed E-state index contributed by atoms with van der Waals surface area (Å²) in [6.45, 7) is 0. The third-order valence-corrected chi connectivity index (χ3v) is 6.56. The predicted octanol–water partition coefficient (Wildman–Crippen LogP) is 5.12. The molecule has 10 heteroatoms. The predicted molar refractivity (Wildman–Crippen MR) is 112 cm³/mol. The number of thiazole rings is 1. The number of carbonyl (C=O) groups is 1. The Morgan fingerprint density at radius 3 is 2.61 bits per heavy atom. The number of benzene rings is 1. The summed E-state index contributed by atoms with van der Waals surface area (Å²) in [6, 6.07) is 8.12. The first-order valence-electron chi connectivity index (χ1n) is 9.82. The van der Waals surface area contributed by atoms with Crippen molar-refractivity contribution in [2.24, 2.45) is 11.7 Å². The Labute approximate surface area is 180 Å². The number of carbonyl (C=O) groups excluding carboxylic acids is 1. The molecule has 2 heterocycles. The number of nitrogens with two attached hydrogens (primary N) is 1. The lowest BCUT2D eigenvalue weighted by Gasteiger charge is -2.24. The maximum atomic E-state index is 12.9. The van der Waals surface area contributed by atoms with Crippen LogP contribution in [-0.4, -0.2) is 20.9 Å². The Morgan fingerprint density at radius 2 is 1.90 bits per heavy atom. The van der Waals surface area contributed by atoms with Crippen LogP contribution in [-0.2, 0) is 11.0 Å². The Morgan fingerprint density at radius 1 is 1.13 bits per heavy atom. The van der Waals surface area contributed by atoms with Crippen molar-refractivity contribution < 1.29 is 18.0 Å². The van der Waals surface area contributed by atoms with Gasteiger partial charge in [-0.05, 0) is 49.4 Å². The van der Waals surface area contributed by atoms with Crippen LogP contribution in [0.5, 0.6) is 0 Å². The summed E-state index contributed by atoms with van der Waals surface area (Å²) >= 11 is 1.59. The number of alkyl halides is 3. The monoisotopic (exact) mass is 447 g/mol. The van der Waals surface area contributed by atoms with E-state index in [2.05, 4.69) is 20.3 Å². The van der Waals surface area contributed by atoms with Crippen molar-refractivity contribution in [3.8, 4) is 10.4 Å². The SMILES string of the molecule is NC(=O)C1CCC(c2ncc(-c3cccc(Nc4nccc(C(F)(F)F)n4)c3)s2)CC1. The van der Waals surface area contributed by atoms with Crippen molar-refractivity contribution in [3.63, 3.8) is 0 Å². The molecular weight excluding hydrogens is 427 g/mol. The number of primary amides is 1. The number of nitrogens with one attached hydrogen (secondary N) is 1. The van der Waals surface area contributed by atoms with Crippen LogP contribution in [0, 0.1) is 5.92 Å². The first-order valence-corrected chi connectivity index (χ1v) is 10.6. The molecule has 6 nitrogen and oxygen atoms in total. The van der Waals surface area contributed by atoms with Crippen LogP contribution in [0.4, 0.5) is 24.8 Å². The van der Waals surface area contributed by atoms with E-state index in [1.54, 1.807) is 23.6 Å². The normalized spacial score (nSPS) is 19.2. The molecule has 1 amide bonds. The standard InChI is InChI=1S/C21H20F3N5OS/c22-21(23,24)17-8-9-26-20(29-17)28-15-3-1-2-14(10-15)16-11-27-19(31-16)13-6-4-12(5-7-13)18(25)30/h1-3,8-13H,4-7H2,(H2,25,30)(H,26,28,29). The first kappa shape index (κ1) is 21.2. The lowest BCUT2D eigenvalue weighted by Crippen LogP contribution is -2.27. The van der Waals surface area contributed by atoms with Crippen LogP contribution < -0.4 is 11.1 Å². The molecule has 4 rings (SSSR count). The van der Waals surface area contributed by atoms with Gasteiger partial charge in [0.15, 0.2) is 0 Å². The Bertz CT molecular complexity index is 1080. The molecule has 0 radical (unpaired) electrons. The molecule has 162 valence electrons. The molecule has 31 heavy (non-hydrogen) atoms. The minimum atomic E-state index is -4.53. The summed E-state index contributed by atoms with van der Waals surface area (Å²) in [4.78, 5) is 24.3. The van der Waals surface area contributed by atoms with Crippen molar-refractivity contribution in [1.29, 1.82) is 0 Å². The van der Waals surface area contributed by atoms with Crippen molar-refractivity contribution in [2.45, 2.75) is 37.8 Å². The fourth-order valence-electron chi connectivity index (χ4n) is 3.69. The van der Waals surface area contributed by atoms with Crippen molar-refractivity contribution in [2.75, 3.05) is 5.32 Å². The van der Waals surface area contributed by atoms with E-state index in [1.807, 2.05) is 18.2 Å². The summed E-state index contributed by atoms with van der Waals surface area (Å²) in [6.07, 6.45) is 1.68. The van der Waals surface area contributed by atoms with Gasteiger partial charge < -0.3 is 11.1 Å². The van der Waals surface area contributed by atoms with Crippen molar-refractivity contribution >= 4 is 28.9 Å². The zero-order chi connectivity index (χ0) is 22.0.